The second-order valence-electron chi connectivity index (χ2n) is 16.3. The predicted octanol–water partition coefficient (Wildman–Crippen LogP) is 5.87. The van der Waals surface area contributed by atoms with Crippen LogP contribution >= 0.6 is 11.6 Å². The van der Waals surface area contributed by atoms with Gasteiger partial charge in [-0.15, -0.1) is 0 Å². The number of benzene rings is 3. The minimum Gasteiger partial charge on any atom is -0.491 e. The standard InChI is InChI=1S/C44H50ClN7O5/c1-28-6-8-34(24-29(2)57-35-13-7-31(26-46)37(45)25-35)51(28)33-11-9-32(10-12-33)49-22-20-48(21-23-49)27-30-16-18-50(19-17-30)38-5-3-4-36-41(38)44(56)52(43(36)55)39-14-15-40(53)47-42(39)54/h3-5,7,9-13,25,28-30,34,39H,6,8,14-24,27H2,1-2H3,(H,47,53,54). The van der Waals surface area contributed by atoms with E-state index in [1.807, 2.05) is 18.2 Å². The first kappa shape index (κ1) is 38.7. The van der Waals surface area contributed by atoms with Gasteiger partial charge in [0.15, 0.2) is 0 Å². The Morgan fingerprint density at radius 2 is 1.60 bits per heavy atom. The molecular formula is C44H50ClN7O5. The molecule has 5 aliphatic rings. The van der Waals surface area contributed by atoms with E-state index in [1.165, 1.54) is 11.4 Å². The number of ether oxygens (including phenoxy) is 1. The topological polar surface area (TPSA) is 130 Å². The van der Waals surface area contributed by atoms with Gasteiger partial charge in [0.1, 0.15) is 17.9 Å². The van der Waals surface area contributed by atoms with Gasteiger partial charge in [-0.05, 0) is 100 Å². The lowest BCUT2D eigenvalue weighted by molar-refractivity contribution is -0.136. The summed E-state index contributed by atoms with van der Waals surface area (Å²) >= 11 is 6.24. The summed E-state index contributed by atoms with van der Waals surface area (Å²) in [4.78, 5) is 62.1. The Bertz CT molecular complexity index is 2070. The van der Waals surface area contributed by atoms with Gasteiger partial charge in [-0.3, -0.25) is 34.3 Å². The van der Waals surface area contributed by atoms with Gasteiger partial charge in [-0.25, -0.2) is 0 Å². The number of amides is 4. The first-order valence-corrected chi connectivity index (χ1v) is 20.8. The van der Waals surface area contributed by atoms with E-state index < -0.39 is 23.8 Å². The zero-order valence-corrected chi connectivity index (χ0v) is 33.4. The molecule has 0 bridgehead atoms. The van der Waals surface area contributed by atoms with Crippen molar-refractivity contribution in [3.63, 3.8) is 0 Å². The molecule has 0 aromatic heterocycles. The van der Waals surface area contributed by atoms with Crippen LogP contribution in [0.1, 0.15) is 85.1 Å². The second-order valence-corrected chi connectivity index (χ2v) is 16.7. The molecule has 298 valence electrons. The number of halogens is 1. The molecule has 0 spiro atoms. The highest BCUT2D eigenvalue weighted by molar-refractivity contribution is 6.31. The molecule has 4 fully saturated rings. The second kappa shape index (κ2) is 16.4. The number of carbonyl (C=O) groups is 4. The van der Waals surface area contributed by atoms with Crippen molar-refractivity contribution in [1.29, 1.82) is 5.26 Å². The molecule has 3 aromatic rings. The molecule has 5 aliphatic heterocycles. The molecule has 4 unspecified atom stereocenters. The zero-order chi connectivity index (χ0) is 39.8. The Balaban J connectivity index is 0.811. The predicted molar refractivity (Wildman–Crippen MR) is 219 cm³/mol. The van der Waals surface area contributed by atoms with Crippen LogP contribution in [-0.4, -0.2) is 103 Å². The molecule has 5 heterocycles. The first-order chi connectivity index (χ1) is 27.6. The molecule has 4 amide bonds. The third-order valence-electron chi connectivity index (χ3n) is 12.6. The fraction of sp³-hybridized carbons (Fsp3) is 0.477. The number of imide groups is 2. The van der Waals surface area contributed by atoms with Crippen LogP contribution in [0.15, 0.2) is 60.7 Å². The number of nitrogens with one attached hydrogen (secondary N) is 1. The number of piperazine rings is 1. The lowest BCUT2D eigenvalue weighted by atomic mass is 9.94. The van der Waals surface area contributed by atoms with Gasteiger partial charge < -0.3 is 19.4 Å². The van der Waals surface area contributed by atoms with Crippen LogP contribution in [-0.2, 0) is 9.59 Å². The van der Waals surface area contributed by atoms with Crippen LogP contribution in [0.4, 0.5) is 17.1 Å². The minimum absolute atomic E-state index is 0.00275. The number of piperidine rings is 2. The first-order valence-electron chi connectivity index (χ1n) is 20.4. The van der Waals surface area contributed by atoms with E-state index in [9.17, 15) is 24.4 Å². The molecule has 0 saturated carbocycles. The summed E-state index contributed by atoms with van der Waals surface area (Å²) < 4.78 is 6.23. The number of fused-ring (bicyclic) bond motifs is 1. The highest BCUT2D eigenvalue weighted by Crippen LogP contribution is 2.37. The molecule has 57 heavy (non-hydrogen) atoms. The van der Waals surface area contributed by atoms with Gasteiger partial charge in [0, 0.05) is 88.2 Å². The maximum atomic E-state index is 13.7. The van der Waals surface area contributed by atoms with E-state index in [0.29, 0.717) is 45.5 Å². The van der Waals surface area contributed by atoms with Gasteiger partial charge in [0.05, 0.1) is 33.5 Å². The number of nitrogens with zero attached hydrogens (tertiary/aromatic N) is 6. The van der Waals surface area contributed by atoms with Gasteiger partial charge in [0.2, 0.25) is 11.8 Å². The van der Waals surface area contributed by atoms with Crippen LogP contribution in [0.2, 0.25) is 5.02 Å². The number of hydrogen-bond donors (Lipinski definition) is 1. The SMILES string of the molecule is CC(CC1CCC(C)N1c1ccc(N2CCN(CC3CCN(c4cccc5c4C(=O)N(C4CCC(=O)NC4=O)C5=O)CC3)CC2)cc1)Oc1ccc(C#N)c(Cl)c1. The van der Waals surface area contributed by atoms with Gasteiger partial charge in [-0.2, -0.15) is 5.26 Å². The molecule has 3 aromatic carbocycles. The van der Waals surface area contributed by atoms with Crippen LogP contribution in [0.3, 0.4) is 0 Å². The van der Waals surface area contributed by atoms with E-state index in [0.717, 1.165) is 88.5 Å². The van der Waals surface area contributed by atoms with Crippen molar-refractivity contribution >= 4 is 52.3 Å². The maximum Gasteiger partial charge on any atom is 0.264 e. The Labute approximate surface area is 339 Å². The van der Waals surface area contributed by atoms with Gasteiger partial charge >= 0.3 is 0 Å². The molecule has 13 heteroatoms. The fourth-order valence-electron chi connectivity index (χ4n) is 9.60. The minimum atomic E-state index is -0.968. The summed E-state index contributed by atoms with van der Waals surface area (Å²) in [7, 11) is 0. The number of hydrogen-bond acceptors (Lipinski definition) is 10. The average Bonchev–Trinajstić information content (AvgIpc) is 3.69. The monoisotopic (exact) mass is 791 g/mol. The van der Waals surface area contributed by atoms with E-state index in [-0.39, 0.29) is 24.9 Å². The number of anilines is 3. The lowest BCUT2D eigenvalue weighted by Crippen LogP contribution is -2.54. The molecule has 4 saturated heterocycles. The number of carbonyl (C=O) groups excluding carboxylic acids is 4. The quantitative estimate of drug-likeness (QED) is 0.249. The molecule has 4 atom stereocenters. The fourth-order valence-corrected chi connectivity index (χ4v) is 9.81. The molecule has 0 aliphatic carbocycles. The van der Waals surface area contributed by atoms with Crippen molar-refractivity contribution in [2.24, 2.45) is 5.92 Å². The molecular weight excluding hydrogens is 742 g/mol. The van der Waals surface area contributed by atoms with Crippen molar-refractivity contribution in [3.05, 3.63) is 82.4 Å². The van der Waals surface area contributed by atoms with Gasteiger partial charge in [-0.1, -0.05) is 17.7 Å². The molecule has 8 rings (SSSR count). The van der Waals surface area contributed by atoms with Crippen molar-refractivity contribution in [2.45, 2.75) is 83.0 Å². The molecule has 0 radical (unpaired) electrons. The Hall–Kier alpha value is -5.12. The maximum absolute atomic E-state index is 13.7. The van der Waals surface area contributed by atoms with Crippen LogP contribution < -0.4 is 24.8 Å². The third-order valence-corrected chi connectivity index (χ3v) is 12.9. The highest BCUT2D eigenvalue weighted by Gasteiger charge is 2.46. The van der Waals surface area contributed by atoms with E-state index in [1.54, 1.807) is 18.2 Å². The largest absolute Gasteiger partial charge is 0.491 e. The number of rotatable bonds is 10. The summed E-state index contributed by atoms with van der Waals surface area (Å²) in [6.07, 6.45) is 5.39. The highest BCUT2D eigenvalue weighted by atomic mass is 35.5. The Kier molecular flexibility index (Phi) is 11.1. The smallest absolute Gasteiger partial charge is 0.264 e. The lowest BCUT2D eigenvalue weighted by Gasteiger charge is -2.40. The Morgan fingerprint density at radius 1 is 0.860 bits per heavy atom. The summed E-state index contributed by atoms with van der Waals surface area (Å²) in [5, 5.41) is 11.9. The zero-order valence-electron chi connectivity index (χ0n) is 32.7. The number of nitriles is 1. The van der Waals surface area contributed by atoms with Crippen molar-refractivity contribution < 1.29 is 23.9 Å². The third kappa shape index (κ3) is 7.92. The van der Waals surface area contributed by atoms with Gasteiger partial charge in [0.25, 0.3) is 11.8 Å². The van der Waals surface area contributed by atoms with Crippen molar-refractivity contribution in [1.82, 2.24) is 15.1 Å². The normalized spacial score (nSPS) is 23.8. The van der Waals surface area contributed by atoms with Crippen molar-refractivity contribution in [3.8, 4) is 11.8 Å². The van der Waals surface area contributed by atoms with Crippen LogP contribution in [0, 0.1) is 17.2 Å². The molecule has 1 N–H and O–H groups in total. The summed E-state index contributed by atoms with van der Waals surface area (Å²) in [5.74, 6) is -0.657. The Morgan fingerprint density at radius 3 is 2.30 bits per heavy atom. The summed E-state index contributed by atoms with van der Waals surface area (Å²) in [6.45, 7) is 11.0. The van der Waals surface area contributed by atoms with Crippen LogP contribution in [0.5, 0.6) is 5.75 Å². The van der Waals surface area contributed by atoms with E-state index in [2.05, 4.69) is 69.1 Å². The summed E-state index contributed by atoms with van der Waals surface area (Å²) in [6, 6.07) is 21.7. The van der Waals surface area contributed by atoms with Crippen LogP contribution in [0.25, 0.3) is 0 Å². The molecule has 12 nitrogen and oxygen atoms in total. The van der Waals surface area contributed by atoms with Crippen molar-refractivity contribution in [2.75, 3.05) is 60.5 Å². The van der Waals surface area contributed by atoms with E-state index >= 15 is 0 Å². The summed E-state index contributed by atoms with van der Waals surface area (Å²) in [5.41, 5.74) is 4.40. The van der Waals surface area contributed by atoms with E-state index in [4.69, 9.17) is 16.3 Å². The average molecular weight is 792 g/mol.